The number of carboxylic acids is 1. The SMILES string of the molecule is CC(=O)c1nc2ccccc2n1C(=O)CC1(CC(=O)O)CCCC1. The van der Waals surface area contributed by atoms with Gasteiger partial charge in [0.05, 0.1) is 17.5 Å². The van der Waals surface area contributed by atoms with Gasteiger partial charge in [-0.1, -0.05) is 25.0 Å². The molecule has 1 saturated carbocycles. The monoisotopic (exact) mass is 328 g/mol. The molecule has 6 heteroatoms. The molecule has 126 valence electrons. The van der Waals surface area contributed by atoms with E-state index in [9.17, 15) is 19.5 Å². The van der Waals surface area contributed by atoms with Crippen LogP contribution in [-0.2, 0) is 4.79 Å². The van der Waals surface area contributed by atoms with Crippen molar-refractivity contribution in [1.29, 1.82) is 0 Å². The summed E-state index contributed by atoms with van der Waals surface area (Å²) in [7, 11) is 0. The van der Waals surface area contributed by atoms with Gasteiger partial charge in [0.25, 0.3) is 0 Å². The molecule has 0 saturated heterocycles. The minimum atomic E-state index is -0.882. The van der Waals surface area contributed by atoms with Crippen molar-refractivity contribution in [3.8, 4) is 0 Å². The lowest BCUT2D eigenvalue weighted by Gasteiger charge is -2.26. The van der Waals surface area contributed by atoms with Crippen LogP contribution in [0.4, 0.5) is 0 Å². The number of nitrogens with zero attached hydrogens (tertiary/aromatic N) is 2. The van der Waals surface area contributed by atoms with E-state index in [1.807, 2.05) is 0 Å². The largest absolute Gasteiger partial charge is 0.481 e. The molecule has 6 nitrogen and oxygen atoms in total. The molecular formula is C18H20N2O4. The number of rotatable bonds is 5. The van der Waals surface area contributed by atoms with Gasteiger partial charge in [0.15, 0.2) is 11.6 Å². The number of Topliss-reactive ketones (excluding diaryl/α,β-unsaturated/α-hetero) is 1. The molecule has 0 unspecified atom stereocenters. The van der Waals surface area contributed by atoms with Crippen LogP contribution in [0.5, 0.6) is 0 Å². The number of hydrogen-bond donors (Lipinski definition) is 1. The van der Waals surface area contributed by atoms with Crippen LogP contribution in [0.3, 0.4) is 0 Å². The fourth-order valence-electron chi connectivity index (χ4n) is 3.78. The summed E-state index contributed by atoms with van der Waals surface area (Å²) in [6, 6.07) is 7.11. The summed E-state index contributed by atoms with van der Waals surface area (Å²) in [6.45, 7) is 1.38. The van der Waals surface area contributed by atoms with Gasteiger partial charge in [0, 0.05) is 13.3 Å². The number of carbonyl (C=O) groups excluding carboxylic acids is 2. The number of benzene rings is 1. The van der Waals surface area contributed by atoms with E-state index in [1.54, 1.807) is 24.3 Å². The second-order valence-electron chi connectivity index (χ2n) is 6.66. The molecule has 2 aromatic rings. The molecule has 0 bridgehead atoms. The Balaban J connectivity index is 2.00. The first-order valence-electron chi connectivity index (χ1n) is 8.15. The van der Waals surface area contributed by atoms with E-state index in [2.05, 4.69) is 4.98 Å². The standard InChI is InChI=1S/C18H20N2O4/c1-12(21)17-19-13-6-2-3-7-14(13)20(17)15(22)10-18(11-16(23)24)8-4-5-9-18/h2-3,6-7H,4-5,8-11H2,1H3,(H,23,24). The van der Waals surface area contributed by atoms with Crippen LogP contribution < -0.4 is 0 Å². The lowest BCUT2D eigenvalue weighted by molar-refractivity contribution is -0.139. The quantitative estimate of drug-likeness (QED) is 0.851. The van der Waals surface area contributed by atoms with Crippen molar-refractivity contribution in [2.75, 3.05) is 0 Å². The van der Waals surface area contributed by atoms with E-state index >= 15 is 0 Å². The van der Waals surface area contributed by atoms with Crippen molar-refractivity contribution in [2.45, 2.75) is 45.4 Å². The highest BCUT2D eigenvalue weighted by molar-refractivity contribution is 6.01. The first-order valence-corrected chi connectivity index (χ1v) is 8.15. The Kier molecular flexibility index (Phi) is 4.22. The summed E-state index contributed by atoms with van der Waals surface area (Å²) in [5, 5.41) is 9.21. The van der Waals surface area contributed by atoms with Gasteiger partial charge < -0.3 is 5.11 Å². The zero-order chi connectivity index (χ0) is 17.3. The maximum Gasteiger partial charge on any atom is 0.303 e. The van der Waals surface area contributed by atoms with Gasteiger partial charge in [0.1, 0.15) is 0 Å². The van der Waals surface area contributed by atoms with E-state index in [0.717, 1.165) is 25.7 Å². The van der Waals surface area contributed by atoms with Crippen LogP contribution in [0.25, 0.3) is 11.0 Å². The van der Waals surface area contributed by atoms with Gasteiger partial charge in [-0.2, -0.15) is 0 Å². The highest BCUT2D eigenvalue weighted by Gasteiger charge is 2.39. The Morgan fingerprint density at radius 3 is 2.46 bits per heavy atom. The fraction of sp³-hybridized carbons (Fsp3) is 0.444. The van der Waals surface area contributed by atoms with Gasteiger partial charge in [-0.05, 0) is 30.4 Å². The number of carboxylic acid groups (broad SMARTS) is 1. The number of para-hydroxylation sites is 2. The Hall–Kier alpha value is -2.50. The number of imidazole rings is 1. The van der Waals surface area contributed by atoms with Crippen LogP contribution in [0.1, 0.15) is 60.9 Å². The van der Waals surface area contributed by atoms with Crippen LogP contribution in [-0.4, -0.2) is 32.3 Å². The second-order valence-corrected chi connectivity index (χ2v) is 6.66. The Morgan fingerprint density at radius 2 is 1.83 bits per heavy atom. The van der Waals surface area contributed by atoms with Crippen LogP contribution in [0.2, 0.25) is 0 Å². The highest BCUT2D eigenvalue weighted by Crippen LogP contribution is 2.44. The van der Waals surface area contributed by atoms with Gasteiger partial charge in [-0.25, -0.2) is 4.98 Å². The molecule has 3 rings (SSSR count). The first-order chi connectivity index (χ1) is 11.4. The molecule has 1 aromatic heterocycles. The fourth-order valence-corrected chi connectivity index (χ4v) is 3.78. The third-order valence-electron chi connectivity index (χ3n) is 4.84. The van der Waals surface area contributed by atoms with E-state index in [-0.39, 0.29) is 30.4 Å². The summed E-state index contributed by atoms with van der Waals surface area (Å²) < 4.78 is 1.36. The van der Waals surface area contributed by atoms with Gasteiger partial charge in [-0.15, -0.1) is 0 Å². The van der Waals surface area contributed by atoms with Crippen molar-refractivity contribution in [1.82, 2.24) is 9.55 Å². The molecule has 0 amide bonds. The lowest BCUT2D eigenvalue weighted by atomic mass is 9.79. The number of carbonyl (C=O) groups is 3. The van der Waals surface area contributed by atoms with Crippen molar-refractivity contribution in [3.05, 3.63) is 30.1 Å². The van der Waals surface area contributed by atoms with Crippen molar-refractivity contribution >= 4 is 28.7 Å². The van der Waals surface area contributed by atoms with Gasteiger partial charge >= 0.3 is 5.97 Å². The third-order valence-corrected chi connectivity index (χ3v) is 4.84. The number of fused-ring (bicyclic) bond motifs is 1. The van der Waals surface area contributed by atoms with Gasteiger partial charge in [-0.3, -0.25) is 19.0 Å². The predicted octanol–water partition coefficient (Wildman–Crippen LogP) is 3.30. The van der Waals surface area contributed by atoms with Gasteiger partial charge in [0.2, 0.25) is 5.91 Å². The molecule has 1 aromatic carbocycles. The zero-order valence-corrected chi connectivity index (χ0v) is 13.6. The zero-order valence-electron chi connectivity index (χ0n) is 13.6. The van der Waals surface area contributed by atoms with E-state index in [1.165, 1.54) is 11.5 Å². The lowest BCUT2D eigenvalue weighted by Crippen LogP contribution is -2.28. The van der Waals surface area contributed by atoms with Crippen LogP contribution >= 0.6 is 0 Å². The Bertz CT molecular complexity index is 816. The third kappa shape index (κ3) is 2.96. The van der Waals surface area contributed by atoms with E-state index in [0.29, 0.717) is 11.0 Å². The summed E-state index contributed by atoms with van der Waals surface area (Å²) >= 11 is 0. The summed E-state index contributed by atoms with van der Waals surface area (Å²) in [5.41, 5.74) is 0.674. The molecular weight excluding hydrogens is 308 g/mol. The number of aromatic nitrogens is 2. The average molecular weight is 328 g/mol. The first kappa shape index (κ1) is 16.4. The molecule has 0 aliphatic heterocycles. The van der Waals surface area contributed by atoms with Crippen molar-refractivity contribution in [2.24, 2.45) is 5.41 Å². The second kappa shape index (κ2) is 6.19. The van der Waals surface area contributed by atoms with Crippen LogP contribution in [0.15, 0.2) is 24.3 Å². The molecule has 1 aliphatic carbocycles. The number of ketones is 1. The number of hydrogen-bond acceptors (Lipinski definition) is 4. The maximum absolute atomic E-state index is 13.0. The molecule has 1 N–H and O–H groups in total. The summed E-state index contributed by atoms with van der Waals surface area (Å²) in [4.78, 5) is 40.4. The molecule has 1 heterocycles. The Labute approximate surface area is 139 Å². The Morgan fingerprint density at radius 1 is 1.17 bits per heavy atom. The molecule has 0 radical (unpaired) electrons. The molecule has 1 aliphatic rings. The van der Waals surface area contributed by atoms with Crippen LogP contribution in [0, 0.1) is 5.41 Å². The predicted molar refractivity (Wildman–Crippen MR) is 88.1 cm³/mol. The maximum atomic E-state index is 13.0. The molecule has 0 atom stereocenters. The number of aliphatic carboxylic acids is 1. The molecule has 0 spiro atoms. The smallest absolute Gasteiger partial charge is 0.303 e. The normalized spacial score (nSPS) is 16.4. The van der Waals surface area contributed by atoms with E-state index in [4.69, 9.17) is 0 Å². The van der Waals surface area contributed by atoms with Crippen molar-refractivity contribution in [3.63, 3.8) is 0 Å². The van der Waals surface area contributed by atoms with E-state index < -0.39 is 11.4 Å². The summed E-state index contributed by atoms with van der Waals surface area (Å²) in [5.74, 6) is -1.30. The topological polar surface area (TPSA) is 89.3 Å². The minimum absolute atomic E-state index is 0.0131. The molecule has 1 fully saturated rings. The highest BCUT2D eigenvalue weighted by atomic mass is 16.4. The summed E-state index contributed by atoms with van der Waals surface area (Å²) in [6.07, 6.45) is 3.44. The van der Waals surface area contributed by atoms with Crippen molar-refractivity contribution < 1.29 is 19.5 Å². The molecule has 24 heavy (non-hydrogen) atoms. The minimum Gasteiger partial charge on any atom is -0.481 e. The average Bonchev–Trinajstić information content (AvgIpc) is 3.10.